The van der Waals surface area contributed by atoms with Crippen molar-refractivity contribution in [1.29, 1.82) is 5.26 Å². The average Bonchev–Trinajstić information content (AvgIpc) is 2.50. The Labute approximate surface area is 128 Å². The summed E-state index contributed by atoms with van der Waals surface area (Å²) in [6.45, 7) is 12.2. The fraction of sp³-hybridized carbons (Fsp3) is 0.588. The standard InChI is InChI=1S/C17H26N4/c1-4-19-16(12-18)13-20-8-10-21(11-9-20)17-7-5-6-14(2)15(17)3/h5-7,16,19H,4,8-11,13H2,1-3H3. The van der Waals surface area contributed by atoms with Crippen molar-refractivity contribution in [2.75, 3.05) is 44.2 Å². The number of anilines is 1. The minimum atomic E-state index is -0.0535. The van der Waals surface area contributed by atoms with Crippen molar-refractivity contribution in [2.45, 2.75) is 26.8 Å². The smallest absolute Gasteiger partial charge is 0.108 e. The molecule has 1 aliphatic rings. The van der Waals surface area contributed by atoms with Gasteiger partial charge in [0.25, 0.3) is 0 Å². The molecular formula is C17H26N4. The van der Waals surface area contributed by atoms with E-state index >= 15 is 0 Å². The summed E-state index contributed by atoms with van der Waals surface area (Å²) in [5, 5.41) is 12.4. The highest BCUT2D eigenvalue weighted by molar-refractivity contribution is 5.56. The number of nitrogens with zero attached hydrogens (tertiary/aromatic N) is 3. The second kappa shape index (κ2) is 7.44. The molecule has 1 heterocycles. The molecule has 21 heavy (non-hydrogen) atoms. The number of hydrogen-bond donors (Lipinski definition) is 1. The number of benzene rings is 1. The van der Waals surface area contributed by atoms with Crippen LogP contribution >= 0.6 is 0 Å². The largest absolute Gasteiger partial charge is 0.369 e. The molecule has 1 aromatic rings. The summed E-state index contributed by atoms with van der Waals surface area (Å²) in [5.41, 5.74) is 4.10. The lowest BCUT2D eigenvalue weighted by Crippen LogP contribution is -2.50. The summed E-state index contributed by atoms with van der Waals surface area (Å²) in [7, 11) is 0. The van der Waals surface area contributed by atoms with Gasteiger partial charge in [-0.2, -0.15) is 5.26 Å². The van der Waals surface area contributed by atoms with Crippen molar-refractivity contribution in [1.82, 2.24) is 10.2 Å². The van der Waals surface area contributed by atoms with Gasteiger partial charge in [-0.1, -0.05) is 19.1 Å². The van der Waals surface area contributed by atoms with E-state index in [0.29, 0.717) is 0 Å². The predicted octanol–water partition coefficient (Wildman–Crippen LogP) is 1.93. The third-order valence-electron chi connectivity index (χ3n) is 4.34. The van der Waals surface area contributed by atoms with E-state index in [1.807, 2.05) is 6.92 Å². The second-order valence-corrected chi connectivity index (χ2v) is 5.75. The number of nitriles is 1. The van der Waals surface area contributed by atoms with Crippen LogP contribution in [0.25, 0.3) is 0 Å². The topological polar surface area (TPSA) is 42.3 Å². The summed E-state index contributed by atoms with van der Waals surface area (Å²) in [6.07, 6.45) is 0. The molecule has 0 aromatic heterocycles. The number of piperazine rings is 1. The molecule has 114 valence electrons. The molecule has 0 amide bonds. The highest BCUT2D eigenvalue weighted by atomic mass is 15.3. The maximum Gasteiger partial charge on any atom is 0.108 e. The van der Waals surface area contributed by atoms with Gasteiger partial charge in [0.1, 0.15) is 6.04 Å². The van der Waals surface area contributed by atoms with Gasteiger partial charge in [-0.15, -0.1) is 0 Å². The summed E-state index contributed by atoms with van der Waals surface area (Å²) >= 11 is 0. The van der Waals surface area contributed by atoms with Crippen molar-refractivity contribution in [2.24, 2.45) is 0 Å². The van der Waals surface area contributed by atoms with E-state index in [0.717, 1.165) is 39.3 Å². The van der Waals surface area contributed by atoms with Gasteiger partial charge < -0.3 is 10.2 Å². The molecule has 0 spiro atoms. The molecule has 0 bridgehead atoms. The number of aryl methyl sites for hydroxylation is 1. The maximum atomic E-state index is 9.14. The Morgan fingerprint density at radius 3 is 2.57 bits per heavy atom. The first kappa shape index (κ1) is 15.8. The Kier molecular flexibility index (Phi) is 5.60. The van der Waals surface area contributed by atoms with Crippen molar-refractivity contribution in [3.63, 3.8) is 0 Å². The van der Waals surface area contributed by atoms with Crippen LogP contribution in [0.15, 0.2) is 18.2 Å². The number of nitrogens with one attached hydrogen (secondary N) is 1. The third kappa shape index (κ3) is 3.96. The van der Waals surface area contributed by atoms with E-state index in [-0.39, 0.29) is 6.04 Å². The molecule has 1 unspecified atom stereocenters. The quantitative estimate of drug-likeness (QED) is 0.898. The van der Waals surface area contributed by atoms with Crippen LogP contribution < -0.4 is 10.2 Å². The molecule has 0 radical (unpaired) electrons. The Morgan fingerprint density at radius 2 is 1.95 bits per heavy atom. The first-order valence-corrected chi connectivity index (χ1v) is 7.82. The summed E-state index contributed by atoms with van der Waals surface area (Å²) in [5.74, 6) is 0. The van der Waals surface area contributed by atoms with Gasteiger partial charge >= 0.3 is 0 Å². The molecule has 1 aromatic carbocycles. The fourth-order valence-corrected chi connectivity index (χ4v) is 2.91. The maximum absolute atomic E-state index is 9.14. The first-order chi connectivity index (χ1) is 10.2. The van der Waals surface area contributed by atoms with Crippen LogP contribution in [0.4, 0.5) is 5.69 Å². The first-order valence-electron chi connectivity index (χ1n) is 7.82. The van der Waals surface area contributed by atoms with Crippen molar-refractivity contribution in [3.05, 3.63) is 29.3 Å². The molecule has 0 aliphatic carbocycles. The van der Waals surface area contributed by atoms with E-state index < -0.39 is 0 Å². The van der Waals surface area contributed by atoms with Crippen LogP contribution in [0.2, 0.25) is 0 Å². The van der Waals surface area contributed by atoms with E-state index in [9.17, 15) is 0 Å². The average molecular weight is 286 g/mol. The van der Waals surface area contributed by atoms with E-state index in [4.69, 9.17) is 5.26 Å². The second-order valence-electron chi connectivity index (χ2n) is 5.75. The van der Waals surface area contributed by atoms with Gasteiger partial charge in [0.05, 0.1) is 6.07 Å². The molecule has 4 heteroatoms. The number of hydrogen-bond acceptors (Lipinski definition) is 4. The highest BCUT2D eigenvalue weighted by Gasteiger charge is 2.20. The zero-order chi connectivity index (χ0) is 15.2. The monoisotopic (exact) mass is 286 g/mol. The van der Waals surface area contributed by atoms with Crippen LogP contribution in [-0.4, -0.2) is 50.2 Å². The van der Waals surface area contributed by atoms with Gasteiger partial charge in [-0.05, 0) is 37.6 Å². The zero-order valence-corrected chi connectivity index (χ0v) is 13.4. The molecule has 4 nitrogen and oxygen atoms in total. The molecule has 1 N–H and O–H groups in total. The SMILES string of the molecule is CCNC(C#N)CN1CCN(c2cccc(C)c2C)CC1. The van der Waals surface area contributed by atoms with Crippen LogP contribution in [0.5, 0.6) is 0 Å². The van der Waals surface area contributed by atoms with Gasteiger partial charge in [0.2, 0.25) is 0 Å². The minimum Gasteiger partial charge on any atom is -0.369 e. The fourth-order valence-electron chi connectivity index (χ4n) is 2.91. The van der Waals surface area contributed by atoms with E-state index in [1.54, 1.807) is 0 Å². The Bertz CT molecular complexity index is 498. The summed E-state index contributed by atoms with van der Waals surface area (Å²) in [6, 6.07) is 8.82. The van der Waals surface area contributed by atoms with Crippen molar-refractivity contribution in [3.8, 4) is 6.07 Å². The Balaban J connectivity index is 1.91. The van der Waals surface area contributed by atoms with Gasteiger partial charge in [-0.3, -0.25) is 4.90 Å². The van der Waals surface area contributed by atoms with Crippen LogP contribution in [-0.2, 0) is 0 Å². The predicted molar refractivity (Wildman–Crippen MR) is 87.6 cm³/mol. The third-order valence-corrected chi connectivity index (χ3v) is 4.34. The zero-order valence-electron chi connectivity index (χ0n) is 13.4. The van der Waals surface area contributed by atoms with E-state index in [2.05, 4.69) is 53.2 Å². The van der Waals surface area contributed by atoms with Crippen LogP contribution in [0.1, 0.15) is 18.1 Å². The van der Waals surface area contributed by atoms with Crippen molar-refractivity contribution < 1.29 is 0 Å². The molecule has 1 fully saturated rings. The molecular weight excluding hydrogens is 260 g/mol. The lowest BCUT2D eigenvalue weighted by Gasteiger charge is -2.37. The normalized spacial score (nSPS) is 17.5. The highest BCUT2D eigenvalue weighted by Crippen LogP contribution is 2.23. The summed E-state index contributed by atoms with van der Waals surface area (Å²) in [4.78, 5) is 4.85. The van der Waals surface area contributed by atoms with Gasteiger partial charge in [-0.25, -0.2) is 0 Å². The summed E-state index contributed by atoms with van der Waals surface area (Å²) < 4.78 is 0. The molecule has 2 rings (SSSR count). The van der Waals surface area contributed by atoms with Crippen molar-refractivity contribution >= 4 is 5.69 Å². The van der Waals surface area contributed by atoms with Gasteiger partial charge in [0, 0.05) is 38.4 Å². The molecule has 1 atom stereocenters. The minimum absolute atomic E-state index is 0.0535. The lowest BCUT2D eigenvalue weighted by atomic mass is 10.1. The molecule has 0 saturated carbocycles. The Morgan fingerprint density at radius 1 is 1.24 bits per heavy atom. The van der Waals surface area contributed by atoms with Crippen LogP contribution in [0, 0.1) is 25.2 Å². The number of likely N-dealkylation sites (N-methyl/N-ethyl adjacent to an activating group) is 1. The Hall–Kier alpha value is -1.57. The van der Waals surface area contributed by atoms with Gasteiger partial charge in [0.15, 0.2) is 0 Å². The van der Waals surface area contributed by atoms with E-state index in [1.165, 1.54) is 16.8 Å². The number of rotatable bonds is 5. The van der Waals surface area contributed by atoms with Crippen LogP contribution in [0.3, 0.4) is 0 Å². The lowest BCUT2D eigenvalue weighted by molar-refractivity contribution is 0.244. The molecule has 1 saturated heterocycles. The molecule has 1 aliphatic heterocycles.